The number of hydrogen-bond donors (Lipinski definition) is 1. The van der Waals surface area contributed by atoms with Crippen molar-refractivity contribution in [2.75, 3.05) is 4.90 Å². The van der Waals surface area contributed by atoms with Gasteiger partial charge in [-0.2, -0.15) is 0 Å². The number of halogens is 3. The van der Waals surface area contributed by atoms with Crippen LogP contribution in [0.1, 0.15) is 21.7 Å². The molecule has 5 nitrogen and oxygen atoms in total. The van der Waals surface area contributed by atoms with E-state index in [1.165, 1.54) is 17.0 Å². The van der Waals surface area contributed by atoms with Crippen molar-refractivity contribution < 1.29 is 19.1 Å². The van der Waals surface area contributed by atoms with Crippen LogP contribution in [-0.4, -0.2) is 17.0 Å². The Bertz CT molecular complexity index is 1570. The Hall–Kier alpha value is -3.77. The molecule has 0 unspecified atom stereocenters. The summed E-state index contributed by atoms with van der Waals surface area (Å²) in [6.45, 7) is 0. The molecule has 5 rings (SSSR count). The van der Waals surface area contributed by atoms with Crippen LogP contribution in [0.3, 0.4) is 0 Å². The lowest BCUT2D eigenvalue weighted by Gasteiger charge is -2.21. The molecule has 36 heavy (non-hydrogen) atoms. The third-order valence-corrected chi connectivity index (χ3v) is 6.69. The average molecular weight is 537 g/mol. The minimum absolute atomic E-state index is 0.0873. The Morgan fingerprint density at radius 2 is 1.58 bits per heavy atom. The molecule has 0 saturated carbocycles. The standard InChI is InChI=1S/C28H16Cl3NO4/c29-22-10-7-19(15-21(22)28(34)35)32-25(16-4-2-1-3-5-16)14-18(27(32)33)12-20-8-11-26(36-20)17-6-9-23(30)24(31)13-17/h1-15H,(H,34,35). The van der Waals surface area contributed by atoms with Gasteiger partial charge < -0.3 is 9.52 Å². The molecule has 4 aromatic rings. The average Bonchev–Trinajstić information content (AvgIpc) is 3.46. The van der Waals surface area contributed by atoms with Crippen LogP contribution in [0, 0.1) is 0 Å². The van der Waals surface area contributed by atoms with Gasteiger partial charge in [0.05, 0.1) is 32.0 Å². The van der Waals surface area contributed by atoms with Crippen LogP contribution in [0.4, 0.5) is 5.69 Å². The molecule has 0 bridgehead atoms. The Morgan fingerprint density at radius 1 is 0.833 bits per heavy atom. The first kappa shape index (κ1) is 23.9. The maximum atomic E-state index is 13.6. The van der Waals surface area contributed by atoms with Gasteiger partial charge in [0.2, 0.25) is 0 Å². The fourth-order valence-electron chi connectivity index (χ4n) is 3.90. The molecule has 1 aliphatic heterocycles. The summed E-state index contributed by atoms with van der Waals surface area (Å²) in [5.41, 5.74) is 2.80. The van der Waals surface area contributed by atoms with Crippen LogP contribution >= 0.6 is 34.8 Å². The number of furan rings is 1. The smallest absolute Gasteiger partial charge is 0.337 e. The number of rotatable bonds is 5. The lowest BCUT2D eigenvalue weighted by Crippen LogP contribution is -2.25. The van der Waals surface area contributed by atoms with Crippen molar-refractivity contribution in [1.82, 2.24) is 0 Å². The van der Waals surface area contributed by atoms with Crippen molar-refractivity contribution in [1.29, 1.82) is 0 Å². The Kier molecular flexibility index (Phi) is 6.46. The van der Waals surface area contributed by atoms with Gasteiger partial charge in [-0.05, 0) is 66.2 Å². The second kappa shape index (κ2) is 9.70. The summed E-state index contributed by atoms with van der Waals surface area (Å²) < 4.78 is 5.95. The predicted molar refractivity (Wildman–Crippen MR) is 142 cm³/mol. The summed E-state index contributed by atoms with van der Waals surface area (Å²) in [7, 11) is 0. The molecule has 0 aliphatic carbocycles. The number of aromatic carboxylic acids is 1. The highest BCUT2D eigenvalue weighted by molar-refractivity contribution is 6.42. The first-order valence-electron chi connectivity index (χ1n) is 10.7. The minimum Gasteiger partial charge on any atom is -0.478 e. The van der Waals surface area contributed by atoms with Gasteiger partial charge in [-0.25, -0.2) is 4.79 Å². The molecule has 178 valence electrons. The first-order valence-corrected chi connectivity index (χ1v) is 11.9. The summed E-state index contributed by atoms with van der Waals surface area (Å²) in [5, 5.41) is 10.5. The maximum Gasteiger partial charge on any atom is 0.337 e. The van der Waals surface area contributed by atoms with E-state index in [0.29, 0.717) is 38.5 Å². The van der Waals surface area contributed by atoms with Crippen molar-refractivity contribution in [3.05, 3.63) is 122 Å². The molecule has 1 aromatic heterocycles. The van der Waals surface area contributed by atoms with E-state index < -0.39 is 5.97 Å². The second-order valence-electron chi connectivity index (χ2n) is 7.94. The van der Waals surface area contributed by atoms with Gasteiger partial charge >= 0.3 is 5.97 Å². The number of hydrogen-bond acceptors (Lipinski definition) is 3. The number of amides is 1. The van der Waals surface area contributed by atoms with Gasteiger partial charge in [-0.1, -0.05) is 65.1 Å². The van der Waals surface area contributed by atoms with E-state index in [-0.39, 0.29) is 16.5 Å². The zero-order chi connectivity index (χ0) is 25.4. The minimum atomic E-state index is -1.18. The summed E-state index contributed by atoms with van der Waals surface area (Å²) in [5.74, 6) is -0.481. The SMILES string of the molecule is O=C(O)c1cc(N2C(=O)C(=Cc3ccc(-c4ccc(Cl)c(Cl)c4)o3)C=C2c2ccccc2)ccc1Cl. The van der Waals surface area contributed by atoms with Crippen LogP contribution in [-0.2, 0) is 4.79 Å². The van der Waals surface area contributed by atoms with Gasteiger partial charge in [0, 0.05) is 11.1 Å². The van der Waals surface area contributed by atoms with Crippen LogP contribution in [0.2, 0.25) is 15.1 Å². The quantitative estimate of drug-likeness (QED) is 0.262. The molecule has 0 radical (unpaired) electrons. The lowest BCUT2D eigenvalue weighted by molar-refractivity contribution is -0.113. The number of carboxylic acid groups (broad SMARTS) is 1. The second-order valence-corrected chi connectivity index (χ2v) is 9.16. The fraction of sp³-hybridized carbons (Fsp3) is 0. The molecule has 0 atom stereocenters. The van der Waals surface area contributed by atoms with Crippen LogP contribution < -0.4 is 4.90 Å². The van der Waals surface area contributed by atoms with Gasteiger partial charge in [-0.15, -0.1) is 0 Å². The molecule has 1 N–H and O–H groups in total. The fourth-order valence-corrected chi connectivity index (χ4v) is 4.39. The molecule has 0 saturated heterocycles. The summed E-state index contributed by atoms with van der Waals surface area (Å²) in [6, 6.07) is 22.5. The van der Waals surface area contributed by atoms with Crippen LogP contribution in [0.5, 0.6) is 0 Å². The molecule has 8 heteroatoms. The highest BCUT2D eigenvalue weighted by Gasteiger charge is 2.31. The van der Waals surface area contributed by atoms with Gasteiger partial charge in [0.25, 0.3) is 5.91 Å². The maximum absolute atomic E-state index is 13.6. The molecule has 2 heterocycles. The molecule has 1 amide bonds. The highest BCUT2D eigenvalue weighted by atomic mass is 35.5. The number of carbonyl (C=O) groups is 2. The third-order valence-electron chi connectivity index (χ3n) is 5.62. The van der Waals surface area contributed by atoms with Gasteiger partial charge in [0.1, 0.15) is 11.5 Å². The normalized spacial score (nSPS) is 14.4. The molecule has 0 fully saturated rings. The van der Waals surface area contributed by atoms with E-state index in [0.717, 1.165) is 11.1 Å². The van der Waals surface area contributed by atoms with Crippen molar-refractivity contribution in [3.8, 4) is 11.3 Å². The molecular formula is C28H16Cl3NO4. The Balaban J connectivity index is 1.56. The number of carbonyl (C=O) groups excluding carboxylic acids is 1. The molecule has 3 aromatic carbocycles. The number of anilines is 1. The van der Waals surface area contributed by atoms with Gasteiger partial charge in [-0.3, -0.25) is 9.69 Å². The van der Waals surface area contributed by atoms with Crippen molar-refractivity contribution >= 4 is 64.1 Å². The van der Waals surface area contributed by atoms with Gasteiger partial charge in [0.15, 0.2) is 0 Å². The number of nitrogens with zero attached hydrogens (tertiary/aromatic N) is 1. The zero-order valence-corrected chi connectivity index (χ0v) is 20.7. The lowest BCUT2D eigenvalue weighted by atomic mass is 10.1. The molecule has 1 aliphatic rings. The topological polar surface area (TPSA) is 70.8 Å². The highest BCUT2D eigenvalue weighted by Crippen LogP contribution is 2.37. The Morgan fingerprint density at radius 3 is 2.31 bits per heavy atom. The van der Waals surface area contributed by atoms with E-state index >= 15 is 0 Å². The van der Waals surface area contributed by atoms with E-state index in [9.17, 15) is 14.7 Å². The Labute approximate surface area is 221 Å². The van der Waals surface area contributed by atoms with Crippen LogP contribution in [0.15, 0.2) is 94.9 Å². The molecule has 0 spiro atoms. The van der Waals surface area contributed by atoms with E-state index in [2.05, 4.69) is 0 Å². The van der Waals surface area contributed by atoms with Crippen molar-refractivity contribution in [2.24, 2.45) is 0 Å². The van der Waals surface area contributed by atoms with Crippen LogP contribution in [0.25, 0.3) is 23.1 Å². The van der Waals surface area contributed by atoms with Crippen molar-refractivity contribution in [3.63, 3.8) is 0 Å². The third kappa shape index (κ3) is 4.56. The predicted octanol–water partition coefficient (Wildman–Crippen LogP) is 8.08. The summed E-state index contributed by atoms with van der Waals surface area (Å²) in [6.07, 6.45) is 3.38. The summed E-state index contributed by atoms with van der Waals surface area (Å²) in [4.78, 5) is 26.7. The first-order chi connectivity index (χ1) is 17.3. The van der Waals surface area contributed by atoms with Crippen molar-refractivity contribution in [2.45, 2.75) is 0 Å². The van der Waals surface area contributed by atoms with E-state index in [4.69, 9.17) is 39.2 Å². The number of benzene rings is 3. The molecular weight excluding hydrogens is 521 g/mol. The monoisotopic (exact) mass is 535 g/mol. The van der Waals surface area contributed by atoms with E-state index in [1.54, 1.807) is 48.6 Å². The van der Waals surface area contributed by atoms with E-state index in [1.807, 2.05) is 30.3 Å². The zero-order valence-electron chi connectivity index (χ0n) is 18.4. The summed E-state index contributed by atoms with van der Waals surface area (Å²) >= 11 is 18.2. The number of carboxylic acids is 1. The largest absolute Gasteiger partial charge is 0.478 e.